The highest BCUT2D eigenvalue weighted by Gasteiger charge is 2.19. The molecule has 0 fully saturated rings. The van der Waals surface area contributed by atoms with E-state index in [2.05, 4.69) is 0 Å². The number of halogens is 1. The average molecular weight is 257 g/mol. The second-order valence-electron chi connectivity index (χ2n) is 4.28. The molecule has 4 nitrogen and oxygen atoms in total. The Balaban J connectivity index is 2.96. The van der Waals surface area contributed by atoms with Gasteiger partial charge in [-0.1, -0.05) is 25.4 Å². The molecule has 1 aromatic rings. The smallest absolute Gasteiger partial charge is 0.272 e. The molecule has 17 heavy (non-hydrogen) atoms. The van der Waals surface area contributed by atoms with Crippen molar-refractivity contribution in [3.05, 3.63) is 38.9 Å². The van der Waals surface area contributed by atoms with Crippen LogP contribution in [0.3, 0.4) is 0 Å². The topological polar surface area (TPSA) is 69.2 Å². The van der Waals surface area contributed by atoms with Crippen LogP contribution in [0.2, 0.25) is 5.02 Å². The van der Waals surface area contributed by atoms with E-state index in [1.807, 2.05) is 13.8 Å². The predicted molar refractivity (Wildman–Crippen MR) is 69.2 cm³/mol. The largest absolute Gasteiger partial charge is 0.327 e. The van der Waals surface area contributed by atoms with Crippen molar-refractivity contribution in [1.82, 2.24) is 0 Å². The standard InChI is InChI=1S/C12H17ClN2O2/c1-3-11(14)8(2)6-9-7-10(13)4-5-12(9)15(16)17/h4-5,7-8,11H,3,6,14H2,1-2H3. The second kappa shape index (κ2) is 5.98. The van der Waals surface area contributed by atoms with Crippen molar-refractivity contribution in [3.63, 3.8) is 0 Å². The van der Waals surface area contributed by atoms with Crippen molar-refractivity contribution in [2.45, 2.75) is 32.7 Å². The molecule has 2 unspecified atom stereocenters. The molecule has 0 aliphatic carbocycles. The van der Waals surface area contributed by atoms with E-state index in [4.69, 9.17) is 17.3 Å². The Labute approximate surface area is 106 Å². The van der Waals surface area contributed by atoms with Crippen LogP contribution in [0.15, 0.2) is 18.2 Å². The van der Waals surface area contributed by atoms with Gasteiger partial charge in [0.25, 0.3) is 5.69 Å². The number of nitrogens with zero attached hydrogens (tertiary/aromatic N) is 1. The molecule has 2 N–H and O–H groups in total. The van der Waals surface area contributed by atoms with Crippen LogP contribution in [0, 0.1) is 16.0 Å². The van der Waals surface area contributed by atoms with Crippen LogP contribution in [0.25, 0.3) is 0 Å². The maximum Gasteiger partial charge on any atom is 0.272 e. The van der Waals surface area contributed by atoms with Gasteiger partial charge in [0.1, 0.15) is 0 Å². The number of hydrogen-bond donors (Lipinski definition) is 1. The lowest BCUT2D eigenvalue weighted by molar-refractivity contribution is -0.385. The molecule has 0 spiro atoms. The number of nitro groups is 1. The summed E-state index contributed by atoms with van der Waals surface area (Å²) in [6, 6.07) is 4.68. The molecule has 0 aromatic heterocycles. The van der Waals surface area contributed by atoms with Crippen LogP contribution >= 0.6 is 11.6 Å². The van der Waals surface area contributed by atoms with E-state index in [0.29, 0.717) is 17.0 Å². The van der Waals surface area contributed by atoms with Crippen molar-refractivity contribution in [3.8, 4) is 0 Å². The van der Waals surface area contributed by atoms with E-state index in [-0.39, 0.29) is 22.6 Å². The molecular weight excluding hydrogens is 240 g/mol. The Morgan fingerprint density at radius 3 is 2.71 bits per heavy atom. The summed E-state index contributed by atoms with van der Waals surface area (Å²) in [5.74, 6) is 0.192. The quantitative estimate of drug-likeness (QED) is 0.650. The van der Waals surface area contributed by atoms with Crippen molar-refractivity contribution in [2.24, 2.45) is 11.7 Å². The lowest BCUT2D eigenvalue weighted by Crippen LogP contribution is -2.28. The molecule has 0 saturated carbocycles. The summed E-state index contributed by atoms with van der Waals surface area (Å²) in [5.41, 5.74) is 6.69. The molecule has 2 atom stereocenters. The SMILES string of the molecule is CCC(N)C(C)Cc1cc(Cl)ccc1[N+](=O)[O-]. The van der Waals surface area contributed by atoms with E-state index < -0.39 is 0 Å². The molecular formula is C12H17ClN2O2. The zero-order valence-corrected chi connectivity index (χ0v) is 10.8. The van der Waals surface area contributed by atoms with Gasteiger partial charge >= 0.3 is 0 Å². The molecule has 0 bridgehead atoms. The van der Waals surface area contributed by atoms with Crippen LogP contribution in [-0.4, -0.2) is 11.0 Å². The number of hydrogen-bond acceptors (Lipinski definition) is 3. The minimum absolute atomic E-state index is 0.0496. The minimum atomic E-state index is -0.379. The third kappa shape index (κ3) is 3.68. The first-order valence-corrected chi connectivity index (χ1v) is 6.01. The fourth-order valence-electron chi connectivity index (χ4n) is 1.80. The Morgan fingerprint density at radius 1 is 1.53 bits per heavy atom. The van der Waals surface area contributed by atoms with Gasteiger partial charge in [-0.25, -0.2) is 0 Å². The first kappa shape index (κ1) is 13.9. The number of nitro benzene ring substituents is 1. The van der Waals surface area contributed by atoms with E-state index in [1.54, 1.807) is 6.07 Å². The van der Waals surface area contributed by atoms with Crippen LogP contribution in [0.1, 0.15) is 25.8 Å². The van der Waals surface area contributed by atoms with Crippen molar-refractivity contribution in [1.29, 1.82) is 0 Å². The fourth-order valence-corrected chi connectivity index (χ4v) is 1.99. The summed E-state index contributed by atoms with van der Waals surface area (Å²) in [7, 11) is 0. The molecule has 5 heteroatoms. The molecule has 0 amide bonds. The van der Waals surface area contributed by atoms with Gasteiger partial charge in [0, 0.05) is 22.7 Å². The van der Waals surface area contributed by atoms with Gasteiger partial charge in [-0.2, -0.15) is 0 Å². The number of rotatable bonds is 5. The van der Waals surface area contributed by atoms with Gasteiger partial charge < -0.3 is 5.73 Å². The lowest BCUT2D eigenvalue weighted by atomic mass is 9.92. The Hall–Kier alpha value is -1.13. The molecule has 0 saturated heterocycles. The van der Waals surface area contributed by atoms with Gasteiger partial charge in [0.15, 0.2) is 0 Å². The zero-order chi connectivity index (χ0) is 13.0. The Bertz CT molecular complexity index is 409. The van der Waals surface area contributed by atoms with Gasteiger partial charge in [-0.05, 0) is 30.9 Å². The number of benzene rings is 1. The van der Waals surface area contributed by atoms with Crippen LogP contribution in [0.5, 0.6) is 0 Å². The first-order valence-electron chi connectivity index (χ1n) is 5.64. The maximum absolute atomic E-state index is 10.9. The highest BCUT2D eigenvalue weighted by Crippen LogP contribution is 2.26. The van der Waals surface area contributed by atoms with E-state index in [0.717, 1.165) is 6.42 Å². The molecule has 1 rings (SSSR count). The molecule has 0 aliphatic rings. The number of nitrogens with two attached hydrogens (primary N) is 1. The van der Waals surface area contributed by atoms with Crippen molar-refractivity contribution < 1.29 is 4.92 Å². The molecule has 0 heterocycles. The summed E-state index contributed by atoms with van der Waals surface area (Å²) in [6.45, 7) is 4.01. The first-order chi connectivity index (χ1) is 7.95. The van der Waals surface area contributed by atoms with Gasteiger partial charge in [-0.15, -0.1) is 0 Å². The van der Waals surface area contributed by atoms with Gasteiger partial charge in [0.2, 0.25) is 0 Å². The summed E-state index contributed by atoms with van der Waals surface area (Å²) < 4.78 is 0. The van der Waals surface area contributed by atoms with Crippen LogP contribution < -0.4 is 5.73 Å². The monoisotopic (exact) mass is 256 g/mol. The lowest BCUT2D eigenvalue weighted by Gasteiger charge is -2.18. The van der Waals surface area contributed by atoms with Crippen molar-refractivity contribution >= 4 is 17.3 Å². The minimum Gasteiger partial charge on any atom is -0.327 e. The second-order valence-corrected chi connectivity index (χ2v) is 4.72. The van der Waals surface area contributed by atoms with Crippen LogP contribution in [-0.2, 0) is 6.42 Å². The molecule has 0 aliphatic heterocycles. The van der Waals surface area contributed by atoms with E-state index in [1.165, 1.54) is 12.1 Å². The predicted octanol–water partition coefficient (Wildman–Crippen LogP) is 3.16. The average Bonchev–Trinajstić information content (AvgIpc) is 2.27. The Morgan fingerprint density at radius 2 is 2.18 bits per heavy atom. The maximum atomic E-state index is 10.9. The van der Waals surface area contributed by atoms with Crippen molar-refractivity contribution in [2.75, 3.05) is 0 Å². The van der Waals surface area contributed by atoms with Crippen LogP contribution in [0.4, 0.5) is 5.69 Å². The molecule has 94 valence electrons. The summed E-state index contributed by atoms with van der Waals surface area (Å²) in [6.07, 6.45) is 1.43. The molecule has 1 aromatic carbocycles. The normalized spacial score (nSPS) is 14.4. The van der Waals surface area contributed by atoms with E-state index in [9.17, 15) is 10.1 Å². The summed E-state index contributed by atoms with van der Waals surface area (Å²) >= 11 is 5.86. The van der Waals surface area contributed by atoms with Gasteiger partial charge in [-0.3, -0.25) is 10.1 Å². The fraction of sp³-hybridized carbons (Fsp3) is 0.500. The Kier molecular flexibility index (Phi) is 4.90. The molecule has 0 radical (unpaired) electrons. The summed E-state index contributed by atoms with van der Waals surface area (Å²) in [5, 5.41) is 11.4. The third-order valence-corrected chi connectivity index (χ3v) is 3.22. The van der Waals surface area contributed by atoms with E-state index >= 15 is 0 Å². The highest BCUT2D eigenvalue weighted by molar-refractivity contribution is 6.30. The van der Waals surface area contributed by atoms with Gasteiger partial charge in [0.05, 0.1) is 4.92 Å². The third-order valence-electron chi connectivity index (χ3n) is 2.98. The summed E-state index contributed by atoms with van der Waals surface area (Å²) in [4.78, 5) is 10.5. The zero-order valence-electron chi connectivity index (χ0n) is 10.0. The highest BCUT2D eigenvalue weighted by atomic mass is 35.5.